The average molecular weight is 303 g/mol. The smallest absolute Gasteiger partial charge is 0.414 e. The molecule has 0 N–H and O–H groups in total. The topological polar surface area (TPSA) is 65.1 Å². The first-order valence-electron chi connectivity index (χ1n) is 6.92. The lowest BCUT2D eigenvalue weighted by atomic mass is 10.2. The number of esters is 1. The molecule has 116 valence electrons. The van der Waals surface area contributed by atoms with Gasteiger partial charge in [0.15, 0.2) is 0 Å². The minimum absolute atomic E-state index is 0.183. The van der Waals surface area contributed by atoms with E-state index in [1.165, 1.54) is 4.90 Å². The van der Waals surface area contributed by atoms with Gasteiger partial charge in [0.05, 0.1) is 25.3 Å². The van der Waals surface area contributed by atoms with Gasteiger partial charge in [0, 0.05) is 5.69 Å². The molecule has 1 aliphatic heterocycles. The van der Waals surface area contributed by atoms with Gasteiger partial charge >= 0.3 is 12.1 Å². The van der Waals surface area contributed by atoms with E-state index in [4.69, 9.17) is 20.6 Å². The van der Waals surface area contributed by atoms with Gasteiger partial charge in [0.2, 0.25) is 0 Å². The van der Waals surface area contributed by atoms with Crippen molar-refractivity contribution < 1.29 is 23.8 Å². The molecule has 22 heavy (non-hydrogen) atoms. The standard InChI is InChI=1S/C16H17NO5/c1-3-9-20-11-14-10-17(16(19)22-14)13-7-5-12(6-8-13)15(18)21-4-2/h1,5-8,14H,4,9-11H2,2H3. The molecule has 1 atom stereocenters. The van der Waals surface area contributed by atoms with Crippen molar-refractivity contribution in [2.45, 2.75) is 13.0 Å². The number of amides is 1. The largest absolute Gasteiger partial charge is 0.462 e. The molecule has 1 amide bonds. The van der Waals surface area contributed by atoms with Crippen LogP contribution in [-0.4, -0.2) is 44.5 Å². The molecule has 1 heterocycles. The summed E-state index contributed by atoms with van der Waals surface area (Å²) in [6.07, 6.45) is 4.29. The molecular formula is C16H17NO5. The summed E-state index contributed by atoms with van der Waals surface area (Å²) in [7, 11) is 0. The van der Waals surface area contributed by atoms with Gasteiger partial charge in [-0.2, -0.15) is 0 Å². The molecule has 2 rings (SSSR count). The molecule has 1 fully saturated rings. The van der Waals surface area contributed by atoms with Crippen LogP contribution in [0.5, 0.6) is 0 Å². The highest BCUT2D eigenvalue weighted by Crippen LogP contribution is 2.22. The summed E-state index contributed by atoms with van der Waals surface area (Å²) < 4.78 is 15.3. The fourth-order valence-electron chi connectivity index (χ4n) is 2.06. The predicted octanol–water partition coefficient (Wildman–Crippen LogP) is 1.84. The van der Waals surface area contributed by atoms with Crippen molar-refractivity contribution in [1.29, 1.82) is 0 Å². The van der Waals surface area contributed by atoms with Crippen LogP contribution in [0.15, 0.2) is 24.3 Å². The lowest BCUT2D eigenvalue weighted by molar-refractivity contribution is 0.0526. The molecule has 1 aromatic rings. The molecule has 0 aromatic heterocycles. The summed E-state index contributed by atoms with van der Waals surface area (Å²) in [5, 5.41) is 0. The summed E-state index contributed by atoms with van der Waals surface area (Å²) in [4.78, 5) is 24.9. The van der Waals surface area contributed by atoms with Crippen molar-refractivity contribution in [3.05, 3.63) is 29.8 Å². The average Bonchev–Trinajstić information content (AvgIpc) is 2.89. The van der Waals surface area contributed by atoms with Crippen LogP contribution in [0.2, 0.25) is 0 Å². The zero-order chi connectivity index (χ0) is 15.9. The Bertz CT molecular complexity index is 575. The Balaban J connectivity index is 1.98. The maximum atomic E-state index is 11.9. The minimum Gasteiger partial charge on any atom is -0.462 e. The second-order valence-electron chi connectivity index (χ2n) is 4.60. The molecule has 0 spiro atoms. The van der Waals surface area contributed by atoms with Crippen LogP contribution in [0.3, 0.4) is 0 Å². The van der Waals surface area contributed by atoms with Crippen LogP contribution in [0, 0.1) is 12.3 Å². The van der Waals surface area contributed by atoms with E-state index < -0.39 is 12.1 Å². The van der Waals surface area contributed by atoms with Crippen molar-refractivity contribution >= 4 is 17.7 Å². The van der Waals surface area contributed by atoms with Crippen molar-refractivity contribution in [1.82, 2.24) is 0 Å². The third kappa shape index (κ3) is 3.77. The quantitative estimate of drug-likeness (QED) is 0.456. The first-order valence-corrected chi connectivity index (χ1v) is 6.92. The van der Waals surface area contributed by atoms with Gasteiger partial charge in [0.25, 0.3) is 0 Å². The van der Waals surface area contributed by atoms with Crippen molar-refractivity contribution in [3.63, 3.8) is 0 Å². The van der Waals surface area contributed by atoms with Gasteiger partial charge in [-0.05, 0) is 31.2 Å². The number of carbonyl (C=O) groups is 2. The summed E-state index contributed by atoms with van der Waals surface area (Å²) in [5.41, 5.74) is 1.09. The number of anilines is 1. The van der Waals surface area contributed by atoms with E-state index in [0.29, 0.717) is 24.4 Å². The van der Waals surface area contributed by atoms with Crippen molar-refractivity contribution in [2.75, 3.05) is 31.3 Å². The van der Waals surface area contributed by atoms with Crippen molar-refractivity contribution in [2.24, 2.45) is 0 Å². The van der Waals surface area contributed by atoms with E-state index in [1.54, 1.807) is 31.2 Å². The van der Waals surface area contributed by atoms with Crippen LogP contribution in [0.25, 0.3) is 0 Å². The SMILES string of the molecule is C#CCOCC1CN(c2ccc(C(=O)OCC)cc2)C(=O)O1. The summed E-state index contributed by atoms with van der Waals surface area (Å²) in [6.45, 7) is 2.88. The highest BCUT2D eigenvalue weighted by atomic mass is 16.6. The van der Waals surface area contributed by atoms with Gasteiger partial charge in [0.1, 0.15) is 12.7 Å². The Morgan fingerprint density at radius 2 is 2.18 bits per heavy atom. The number of hydrogen-bond donors (Lipinski definition) is 0. The zero-order valence-electron chi connectivity index (χ0n) is 12.3. The maximum Gasteiger partial charge on any atom is 0.414 e. The first kappa shape index (κ1) is 15.9. The highest BCUT2D eigenvalue weighted by Gasteiger charge is 2.32. The number of terminal acetylenes is 1. The Labute approximate surface area is 128 Å². The Morgan fingerprint density at radius 3 is 2.82 bits per heavy atom. The molecule has 0 aliphatic carbocycles. The fraction of sp³-hybridized carbons (Fsp3) is 0.375. The monoisotopic (exact) mass is 303 g/mol. The molecular weight excluding hydrogens is 286 g/mol. The third-order valence-electron chi connectivity index (χ3n) is 3.05. The Kier molecular flexibility index (Phi) is 5.39. The number of cyclic esters (lactones) is 1. The summed E-state index contributed by atoms with van der Waals surface area (Å²) in [6, 6.07) is 6.59. The van der Waals surface area contributed by atoms with Crippen molar-refractivity contribution in [3.8, 4) is 12.3 Å². The second-order valence-corrected chi connectivity index (χ2v) is 4.60. The lowest BCUT2D eigenvalue weighted by Gasteiger charge is -2.13. The number of hydrogen-bond acceptors (Lipinski definition) is 5. The van der Waals surface area contributed by atoms with Gasteiger partial charge in [-0.15, -0.1) is 6.42 Å². The summed E-state index contributed by atoms with van der Waals surface area (Å²) >= 11 is 0. The van der Waals surface area contributed by atoms with Gasteiger partial charge in [-0.1, -0.05) is 5.92 Å². The zero-order valence-corrected chi connectivity index (χ0v) is 12.3. The van der Waals surface area contributed by atoms with Crippen LogP contribution in [0.4, 0.5) is 10.5 Å². The van der Waals surface area contributed by atoms with E-state index in [9.17, 15) is 9.59 Å². The van der Waals surface area contributed by atoms with E-state index in [2.05, 4.69) is 5.92 Å². The number of rotatable bonds is 6. The highest BCUT2D eigenvalue weighted by molar-refractivity contribution is 5.92. The number of carbonyl (C=O) groups excluding carboxylic acids is 2. The van der Waals surface area contributed by atoms with Crippen LogP contribution >= 0.6 is 0 Å². The predicted molar refractivity (Wildman–Crippen MR) is 79.7 cm³/mol. The number of benzene rings is 1. The van der Waals surface area contributed by atoms with Gasteiger partial charge in [-0.25, -0.2) is 9.59 Å². The van der Waals surface area contributed by atoms with E-state index in [-0.39, 0.29) is 19.3 Å². The molecule has 6 nitrogen and oxygen atoms in total. The Morgan fingerprint density at radius 1 is 1.45 bits per heavy atom. The normalized spacial score (nSPS) is 17.0. The Hall–Kier alpha value is -2.52. The maximum absolute atomic E-state index is 11.9. The van der Waals surface area contributed by atoms with Crippen LogP contribution in [0.1, 0.15) is 17.3 Å². The van der Waals surface area contributed by atoms with E-state index in [1.807, 2.05) is 0 Å². The molecule has 1 saturated heterocycles. The molecule has 1 aromatic carbocycles. The molecule has 0 saturated carbocycles. The van der Waals surface area contributed by atoms with Crippen LogP contribution in [-0.2, 0) is 14.2 Å². The molecule has 1 aliphatic rings. The van der Waals surface area contributed by atoms with Gasteiger partial charge < -0.3 is 14.2 Å². The molecule has 6 heteroatoms. The van der Waals surface area contributed by atoms with E-state index in [0.717, 1.165) is 0 Å². The lowest BCUT2D eigenvalue weighted by Crippen LogP contribution is -2.26. The fourth-order valence-corrected chi connectivity index (χ4v) is 2.06. The van der Waals surface area contributed by atoms with Crippen LogP contribution < -0.4 is 4.90 Å². The second kappa shape index (κ2) is 7.48. The molecule has 0 bridgehead atoms. The van der Waals surface area contributed by atoms with E-state index >= 15 is 0 Å². The molecule has 1 unspecified atom stereocenters. The first-order chi connectivity index (χ1) is 10.7. The number of nitrogens with zero attached hydrogens (tertiary/aromatic N) is 1. The minimum atomic E-state index is -0.446. The third-order valence-corrected chi connectivity index (χ3v) is 3.05. The summed E-state index contributed by atoms with van der Waals surface area (Å²) in [5.74, 6) is 1.96. The van der Waals surface area contributed by atoms with Gasteiger partial charge in [-0.3, -0.25) is 4.90 Å². The molecule has 0 radical (unpaired) electrons. The number of ether oxygens (including phenoxy) is 3.